The highest BCUT2D eigenvalue weighted by Gasteiger charge is 2.24. The minimum atomic E-state index is -0.532. The lowest BCUT2D eigenvalue weighted by Crippen LogP contribution is -2.33. The van der Waals surface area contributed by atoms with Gasteiger partial charge in [-0.05, 0) is 61.5 Å². The number of anilines is 1. The Hall–Kier alpha value is -3.40. The molecule has 0 radical (unpaired) electrons. The van der Waals surface area contributed by atoms with Crippen molar-refractivity contribution < 1.29 is 14.3 Å². The number of benzene rings is 1. The Labute approximate surface area is 228 Å². The molecule has 0 bridgehead atoms. The first kappa shape index (κ1) is 26.7. The number of hydrogen-bond acceptors (Lipinski definition) is 6. The first-order valence-electron chi connectivity index (χ1n) is 11.6. The number of rotatable bonds is 9. The van der Waals surface area contributed by atoms with Crippen molar-refractivity contribution in [3.05, 3.63) is 80.2 Å². The fourth-order valence-corrected chi connectivity index (χ4v) is 4.80. The largest absolute Gasteiger partial charge is 0.437 e. The van der Waals surface area contributed by atoms with Crippen molar-refractivity contribution in [2.75, 3.05) is 5.32 Å². The number of aromatic nitrogens is 3. The summed E-state index contributed by atoms with van der Waals surface area (Å²) in [5, 5.41) is 14.6. The van der Waals surface area contributed by atoms with E-state index in [1.54, 1.807) is 37.4 Å². The lowest BCUT2D eigenvalue weighted by Gasteiger charge is -2.18. The quantitative estimate of drug-likeness (QED) is 0.233. The summed E-state index contributed by atoms with van der Waals surface area (Å²) >= 11 is 14.1. The Bertz CT molecular complexity index is 1420. The second kappa shape index (κ2) is 11.8. The lowest BCUT2D eigenvalue weighted by molar-refractivity contribution is 0.0939. The van der Waals surface area contributed by atoms with Gasteiger partial charge in [0.1, 0.15) is 11.4 Å². The monoisotopic (exact) mass is 557 g/mol. The molecule has 4 rings (SSSR count). The molecule has 0 aliphatic rings. The van der Waals surface area contributed by atoms with Crippen molar-refractivity contribution in [3.8, 4) is 17.4 Å². The molecule has 1 aromatic carbocycles. The summed E-state index contributed by atoms with van der Waals surface area (Å²) in [6.07, 6.45) is 3.30. The Morgan fingerprint density at radius 3 is 2.70 bits per heavy atom. The van der Waals surface area contributed by atoms with E-state index in [4.69, 9.17) is 27.9 Å². The molecule has 0 saturated heterocycles. The van der Waals surface area contributed by atoms with Gasteiger partial charge in [-0.1, -0.05) is 36.5 Å². The number of carbonyl (C=O) groups excluding carboxylic acids is 2. The predicted octanol–water partition coefficient (Wildman–Crippen LogP) is 6.91. The Morgan fingerprint density at radius 1 is 1.19 bits per heavy atom. The normalized spacial score (nSPS) is 11.7. The highest BCUT2D eigenvalue weighted by molar-refractivity contribution is 7.08. The van der Waals surface area contributed by atoms with Gasteiger partial charge >= 0.3 is 0 Å². The van der Waals surface area contributed by atoms with Crippen LogP contribution in [0.3, 0.4) is 0 Å². The van der Waals surface area contributed by atoms with Crippen LogP contribution in [0.5, 0.6) is 11.6 Å². The molecule has 1 unspecified atom stereocenters. The Kier molecular flexibility index (Phi) is 8.48. The average molecular weight is 558 g/mol. The fourth-order valence-electron chi connectivity index (χ4n) is 3.77. The number of nitrogens with one attached hydrogen (secondary N) is 2. The highest BCUT2D eigenvalue weighted by Crippen LogP contribution is 2.29. The zero-order valence-electron chi connectivity index (χ0n) is 20.4. The SMILES string of the molecule is CCCC(C)NC(=O)c1cc(Cl)cc(C)c1NC(=O)c1cc(Oc2ccsc2)nn1-c1ncccc1Cl. The van der Waals surface area contributed by atoms with Crippen molar-refractivity contribution in [2.24, 2.45) is 0 Å². The molecule has 2 amide bonds. The topological polar surface area (TPSA) is 98.1 Å². The van der Waals surface area contributed by atoms with Crippen LogP contribution in [0.25, 0.3) is 5.82 Å². The summed E-state index contributed by atoms with van der Waals surface area (Å²) in [7, 11) is 0. The van der Waals surface area contributed by atoms with Gasteiger partial charge in [0.15, 0.2) is 5.82 Å². The predicted molar refractivity (Wildman–Crippen MR) is 147 cm³/mol. The van der Waals surface area contributed by atoms with Crippen LogP contribution in [0.15, 0.2) is 53.4 Å². The number of aryl methyl sites for hydroxylation is 1. The third-order valence-electron chi connectivity index (χ3n) is 5.46. The third-order valence-corrected chi connectivity index (χ3v) is 6.63. The first-order chi connectivity index (χ1) is 17.8. The van der Waals surface area contributed by atoms with Crippen molar-refractivity contribution in [2.45, 2.75) is 39.7 Å². The van der Waals surface area contributed by atoms with Crippen molar-refractivity contribution in [3.63, 3.8) is 0 Å². The zero-order valence-corrected chi connectivity index (χ0v) is 22.7. The Morgan fingerprint density at radius 2 is 2.00 bits per heavy atom. The first-order valence-corrected chi connectivity index (χ1v) is 13.3. The van der Waals surface area contributed by atoms with Gasteiger partial charge in [0.25, 0.3) is 11.8 Å². The molecule has 2 N–H and O–H groups in total. The summed E-state index contributed by atoms with van der Waals surface area (Å²) in [6.45, 7) is 5.75. The van der Waals surface area contributed by atoms with Gasteiger partial charge in [-0.2, -0.15) is 0 Å². The zero-order chi connectivity index (χ0) is 26.5. The van der Waals surface area contributed by atoms with Gasteiger partial charge in [-0.3, -0.25) is 9.59 Å². The van der Waals surface area contributed by atoms with Gasteiger partial charge in [-0.15, -0.1) is 16.4 Å². The number of hydrogen-bond donors (Lipinski definition) is 2. The van der Waals surface area contributed by atoms with E-state index in [0.29, 0.717) is 27.0 Å². The van der Waals surface area contributed by atoms with E-state index < -0.39 is 5.91 Å². The molecule has 192 valence electrons. The molecule has 0 aliphatic carbocycles. The van der Waals surface area contributed by atoms with E-state index in [0.717, 1.165) is 12.8 Å². The average Bonchev–Trinajstić information content (AvgIpc) is 3.51. The number of thiophene rings is 1. The molecule has 8 nitrogen and oxygen atoms in total. The van der Waals surface area contributed by atoms with Crippen molar-refractivity contribution in [1.29, 1.82) is 0 Å². The van der Waals surface area contributed by atoms with E-state index in [1.807, 2.05) is 24.6 Å². The molecule has 0 fully saturated rings. The molecule has 0 aliphatic heterocycles. The minimum Gasteiger partial charge on any atom is -0.437 e. The smallest absolute Gasteiger partial charge is 0.274 e. The second-order valence-electron chi connectivity index (χ2n) is 8.41. The van der Waals surface area contributed by atoms with Crippen LogP contribution in [-0.2, 0) is 0 Å². The molecule has 11 heteroatoms. The van der Waals surface area contributed by atoms with Crippen LogP contribution in [0, 0.1) is 6.92 Å². The van der Waals surface area contributed by atoms with Gasteiger partial charge < -0.3 is 15.4 Å². The molecule has 0 saturated carbocycles. The highest BCUT2D eigenvalue weighted by atomic mass is 35.5. The third kappa shape index (κ3) is 6.30. The molecule has 1 atom stereocenters. The van der Waals surface area contributed by atoms with Crippen LogP contribution in [0.2, 0.25) is 10.0 Å². The molecule has 3 aromatic heterocycles. The molecule has 4 aromatic rings. The molecule has 3 heterocycles. The van der Waals surface area contributed by atoms with E-state index in [9.17, 15) is 9.59 Å². The van der Waals surface area contributed by atoms with Crippen LogP contribution in [0.1, 0.15) is 53.1 Å². The number of carbonyl (C=O) groups is 2. The summed E-state index contributed by atoms with van der Waals surface area (Å²) in [5.74, 6) is 0.167. The van der Waals surface area contributed by atoms with Crippen molar-refractivity contribution in [1.82, 2.24) is 20.1 Å². The Balaban J connectivity index is 1.71. The van der Waals surface area contributed by atoms with E-state index in [-0.39, 0.29) is 34.9 Å². The number of amides is 2. The minimum absolute atomic E-state index is 0.0371. The number of halogens is 2. The maximum atomic E-state index is 13.6. The van der Waals surface area contributed by atoms with Gasteiger partial charge in [-0.25, -0.2) is 9.67 Å². The van der Waals surface area contributed by atoms with Gasteiger partial charge in [0.05, 0.1) is 16.3 Å². The van der Waals surface area contributed by atoms with Crippen LogP contribution < -0.4 is 15.4 Å². The van der Waals surface area contributed by atoms with Crippen LogP contribution in [0.4, 0.5) is 5.69 Å². The molecule has 0 spiro atoms. The van der Waals surface area contributed by atoms with E-state index >= 15 is 0 Å². The van der Waals surface area contributed by atoms with Gasteiger partial charge in [0.2, 0.25) is 5.88 Å². The van der Waals surface area contributed by atoms with Crippen LogP contribution in [-0.4, -0.2) is 32.6 Å². The number of ether oxygens (including phenoxy) is 1. The number of pyridine rings is 1. The lowest BCUT2D eigenvalue weighted by atomic mass is 10.1. The van der Waals surface area contributed by atoms with Gasteiger partial charge in [0, 0.05) is 28.7 Å². The fraction of sp³-hybridized carbons (Fsp3) is 0.231. The standard InChI is InChI=1S/C26H25Cl2N5O3S/c1-4-6-16(3)30-25(34)19-12-17(27)11-15(2)23(19)31-26(35)21-13-22(36-18-8-10-37-14-18)32-33(21)24-20(28)7-5-9-29-24/h5,7-14,16H,4,6H2,1-3H3,(H,30,34)(H,31,35). The maximum absolute atomic E-state index is 13.6. The second-order valence-corrected chi connectivity index (χ2v) is 10.0. The maximum Gasteiger partial charge on any atom is 0.274 e. The molecular formula is C26H25Cl2N5O3S. The van der Waals surface area contributed by atoms with E-state index in [2.05, 4.69) is 20.7 Å². The number of nitrogens with zero attached hydrogens (tertiary/aromatic N) is 3. The van der Waals surface area contributed by atoms with Crippen molar-refractivity contribution >= 4 is 52.0 Å². The molecular weight excluding hydrogens is 533 g/mol. The van der Waals surface area contributed by atoms with E-state index in [1.165, 1.54) is 28.2 Å². The van der Waals surface area contributed by atoms with Crippen LogP contribution >= 0.6 is 34.5 Å². The summed E-state index contributed by atoms with van der Waals surface area (Å²) in [6, 6.07) is 9.79. The summed E-state index contributed by atoms with van der Waals surface area (Å²) < 4.78 is 7.13. The molecule has 37 heavy (non-hydrogen) atoms. The summed E-state index contributed by atoms with van der Waals surface area (Å²) in [5.41, 5.74) is 1.35. The summed E-state index contributed by atoms with van der Waals surface area (Å²) in [4.78, 5) is 31.0.